The van der Waals surface area contributed by atoms with Gasteiger partial charge in [0.2, 0.25) is 0 Å². The van der Waals surface area contributed by atoms with Gasteiger partial charge in [-0.15, -0.1) is 24.0 Å². The molecular formula is C18H25IN4O2. The smallest absolute Gasteiger partial charge is 0.188 e. The zero-order chi connectivity index (χ0) is 17.2. The third-order valence-electron chi connectivity index (χ3n) is 3.56. The summed E-state index contributed by atoms with van der Waals surface area (Å²) in [5.41, 5.74) is 7.96. The number of methoxy groups -OCH3 is 2. The Morgan fingerprint density at radius 1 is 1.16 bits per heavy atom. The van der Waals surface area contributed by atoms with Gasteiger partial charge in [-0.05, 0) is 42.3 Å². The lowest BCUT2D eigenvalue weighted by Crippen LogP contribution is -2.33. The van der Waals surface area contributed by atoms with E-state index in [1.807, 2.05) is 36.4 Å². The van der Waals surface area contributed by atoms with Gasteiger partial charge in [0.25, 0.3) is 0 Å². The van der Waals surface area contributed by atoms with Crippen molar-refractivity contribution in [2.45, 2.75) is 12.8 Å². The van der Waals surface area contributed by atoms with E-state index >= 15 is 0 Å². The van der Waals surface area contributed by atoms with Crippen molar-refractivity contribution in [3.8, 4) is 11.5 Å². The first-order valence-electron chi connectivity index (χ1n) is 7.87. The molecule has 0 bridgehead atoms. The first-order chi connectivity index (χ1) is 11.7. The molecule has 1 aromatic heterocycles. The van der Waals surface area contributed by atoms with Gasteiger partial charge in [0.05, 0.1) is 14.2 Å². The van der Waals surface area contributed by atoms with Gasteiger partial charge >= 0.3 is 0 Å². The van der Waals surface area contributed by atoms with Crippen LogP contribution in [0.3, 0.4) is 0 Å². The van der Waals surface area contributed by atoms with Crippen LogP contribution in [0.4, 0.5) is 0 Å². The van der Waals surface area contributed by atoms with Gasteiger partial charge < -0.3 is 20.5 Å². The van der Waals surface area contributed by atoms with Crippen LogP contribution in [-0.4, -0.2) is 38.3 Å². The first-order valence-corrected chi connectivity index (χ1v) is 7.87. The van der Waals surface area contributed by atoms with E-state index in [1.165, 1.54) is 0 Å². The zero-order valence-corrected chi connectivity index (χ0v) is 16.9. The third-order valence-corrected chi connectivity index (χ3v) is 3.56. The van der Waals surface area contributed by atoms with E-state index in [0.717, 1.165) is 35.6 Å². The summed E-state index contributed by atoms with van der Waals surface area (Å²) in [4.78, 5) is 8.57. The van der Waals surface area contributed by atoms with Crippen LogP contribution in [0.15, 0.2) is 47.6 Å². The molecule has 0 saturated carbocycles. The highest BCUT2D eigenvalue weighted by Gasteiger charge is 2.05. The molecule has 0 amide bonds. The Morgan fingerprint density at radius 3 is 2.68 bits per heavy atom. The predicted octanol–water partition coefficient (Wildman–Crippen LogP) is 2.41. The number of hydrogen-bond acceptors (Lipinski definition) is 4. The lowest BCUT2D eigenvalue weighted by atomic mass is 10.1. The summed E-state index contributed by atoms with van der Waals surface area (Å²) in [7, 11) is 3.31. The van der Waals surface area contributed by atoms with Crippen molar-refractivity contribution < 1.29 is 9.47 Å². The number of ether oxygens (including phenoxy) is 2. The molecule has 0 spiro atoms. The molecule has 2 rings (SSSR count). The highest BCUT2D eigenvalue weighted by molar-refractivity contribution is 14.0. The van der Waals surface area contributed by atoms with Crippen LogP contribution >= 0.6 is 24.0 Å². The molecule has 0 fully saturated rings. The molecule has 6 nitrogen and oxygen atoms in total. The van der Waals surface area contributed by atoms with Crippen molar-refractivity contribution in [1.29, 1.82) is 0 Å². The molecule has 0 saturated heterocycles. The van der Waals surface area contributed by atoms with Crippen LogP contribution in [0, 0.1) is 0 Å². The van der Waals surface area contributed by atoms with Crippen molar-refractivity contribution in [3.63, 3.8) is 0 Å². The summed E-state index contributed by atoms with van der Waals surface area (Å²) < 4.78 is 10.6. The molecule has 0 radical (unpaired) electrons. The van der Waals surface area contributed by atoms with E-state index in [9.17, 15) is 0 Å². The number of nitrogens with zero attached hydrogens (tertiary/aromatic N) is 2. The second-order valence-electron chi connectivity index (χ2n) is 5.19. The summed E-state index contributed by atoms with van der Waals surface area (Å²) in [6.45, 7) is 1.28. The van der Waals surface area contributed by atoms with Crippen molar-refractivity contribution in [2.75, 3.05) is 27.3 Å². The van der Waals surface area contributed by atoms with Crippen molar-refractivity contribution in [1.82, 2.24) is 10.3 Å². The number of guanidine groups is 1. The molecule has 1 heterocycles. The molecule has 3 N–H and O–H groups in total. The van der Waals surface area contributed by atoms with Gasteiger partial charge in [-0.2, -0.15) is 0 Å². The maximum absolute atomic E-state index is 5.89. The molecule has 7 heteroatoms. The average Bonchev–Trinajstić information content (AvgIpc) is 2.62. The second kappa shape index (κ2) is 11.5. The SMILES string of the molecule is COc1ccc(OC)c(CCNC(N)=NCCc2ccccn2)c1.I. The molecule has 0 aliphatic carbocycles. The van der Waals surface area contributed by atoms with Gasteiger partial charge in [0.15, 0.2) is 5.96 Å². The number of pyridine rings is 1. The monoisotopic (exact) mass is 456 g/mol. The van der Waals surface area contributed by atoms with Crippen LogP contribution < -0.4 is 20.5 Å². The second-order valence-corrected chi connectivity index (χ2v) is 5.19. The van der Waals surface area contributed by atoms with Gasteiger partial charge in [-0.3, -0.25) is 9.98 Å². The third kappa shape index (κ3) is 7.16. The summed E-state index contributed by atoms with van der Waals surface area (Å²) in [5.74, 6) is 2.08. The van der Waals surface area contributed by atoms with E-state index in [0.29, 0.717) is 19.0 Å². The Kier molecular flexibility index (Phi) is 9.68. The minimum atomic E-state index is 0. The first kappa shape index (κ1) is 21.0. The molecular weight excluding hydrogens is 431 g/mol. The highest BCUT2D eigenvalue weighted by Crippen LogP contribution is 2.23. The van der Waals surface area contributed by atoms with E-state index in [-0.39, 0.29) is 24.0 Å². The Labute approximate surface area is 165 Å². The van der Waals surface area contributed by atoms with Crippen molar-refractivity contribution >= 4 is 29.9 Å². The molecule has 0 atom stereocenters. The van der Waals surface area contributed by atoms with E-state index in [1.54, 1.807) is 20.4 Å². The molecule has 0 aliphatic rings. The van der Waals surface area contributed by atoms with E-state index < -0.39 is 0 Å². The number of halogens is 1. The number of rotatable bonds is 8. The normalized spacial score (nSPS) is 10.7. The molecule has 25 heavy (non-hydrogen) atoms. The topological polar surface area (TPSA) is 81.8 Å². The van der Waals surface area contributed by atoms with E-state index in [4.69, 9.17) is 15.2 Å². The number of aromatic nitrogens is 1. The highest BCUT2D eigenvalue weighted by atomic mass is 127. The Balaban J connectivity index is 0.00000312. The van der Waals surface area contributed by atoms with Crippen LogP contribution in [0.2, 0.25) is 0 Å². The van der Waals surface area contributed by atoms with Gasteiger partial charge in [0.1, 0.15) is 11.5 Å². The quantitative estimate of drug-likeness (QED) is 0.362. The fraction of sp³-hybridized carbons (Fsp3) is 0.333. The maximum atomic E-state index is 5.89. The number of nitrogens with one attached hydrogen (secondary N) is 1. The number of hydrogen-bond donors (Lipinski definition) is 2. The largest absolute Gasteiger partial charge is 0.497 e. The molecule has 0 unspecified atom stereocenters. The summed E-state index contributed by atoms with van der Waals surface area (Å²) in [5, 5.41) is 3.12. The van der Waals surface area contributed by atoms with Crippen LogP contribution in [0.1, 0.15) is 11.3 Å². The van der Waals surface area contributed by atoms with E-state index in [2.05, 4.69) is 15.3 Å². The fourth-order valence-electron chi connectivity index (χ4n) is 2.30. The Hall–Kier alpha value is -2.03. The van der Waals surface area contributed by atoms with Crippen molar-refractivity contribution in [3.05, 3.63) is 53.9 Å². The molecule has 0 aliphatic heterocycles. The summed E-state index contributed by atoms with van der Waals surface area (Å²) >= 11 is 0. The van der Waals surface area contributed by atoms with Gasteiger partial charge in [-0.1, -0.05) is 6.07 Å². The lowest BCUT2D eigenvalue weighted by molar-refractivity contribution is 0.398. The predicted molar refractivity (Wildman–Crippen MR) is 111 cm³/mol. The van der Waals surface area contributed by atoms with Gasteiger partial charge in [-0.25, -0.2) is 0 Å². The Morgan fingerprint density at radius 2 is 2.00 bits per heavy atom. The molecule has 136 valence electrons. The summed E-state index contributed by atoms with van der Waals surface area (Å²) in [6, 6.07) is 11.6. The fourth-order valence-corrected chi connectivity index (χ4v) is 2.30. The minimum absolute atomic E-state index is 0. The maximum Gasteiger partial charge on any atom is 0.188 e. The average molecular weight is 456 g/mol. The minimum Gasteiger partial charge on any atom is -0.497 e. The lowest BCUT2D eigenvalue weighted by Gasteiger charge is -2.11. The number of aliphatic imine (C=N–C) groups is 1. The van der Waals surface area contributed by atoms with Crippen molar-refractivity contribution in [2.24, 2.45) is 10.7 Å². The number of nitrogens with two attached hydrogens (primary N) is 1. The zero-order valence-electron chi connectivity index (χ0n) is 14.6. The molecule has 2 aromatic rings. The molecule has 1 aromatic carbocycles. The van der Waals surface area contributed by atoms with Crippen LogP contribution in [-0.2, 0) is 12.8 Å². The van der Waals surface area contributed by atoms with Crippen LogP contribution in [0.5, 0.6) is 11.5 Å². The van der Waals surface area contributed by atoms with Gasteiger partial charge in [0, 0.05) is 31.4 Å². The standard InChI is InChI=1S/C18H24N4O2.HI/c1-23-16-6-7-17(24-2)14(13-16)8-11-21-18(19)22-12-9-15-5-3-4-10-20-15;/h3-7,10,13H,8-9,11-12H2,1-2H3,(H3,19,21,22);1H. The summed E-state index contributed by atoms with van der Waals surface area (Å²) in [6.07, 6.45) is 3.31. The Bertz CT molecular complexity index is 665. The number of benzene rings is 1. The van der Waals surface area contributed by atoms with Crippen LogP contribution in [0.25, 0.3) is 0 Å².